The molecule has 0 radical (unpaired) electrons. The Kier molecular flexibility index (Phi) is 3.53. The van der Waals surface area contributed by atoms with Crippen molar-refractivity contribution in [1.82, 2.24) is 19.6 Å². The summed E-state index contributed by atoms with van der Waals surface area (Å²) >= 11 is 0. The fourth-order valence-electron chi connectivity index (χ4n) is 3.47. The van der Waals surface area contributed by atoms with Crippen LogP contribution in [0.3, 0.4) is 0 Å². The fraction of sp³-hybridized carbons (Fsp3) is 0.200. The number of Topliss-reactive ketones (excluding diaryl/α,β-unsaturated/α-hetero) is 1. The largest absolute Gasteiger partial charge is 0.497 e. The van der Waals surface area contributed by atoms with Crippen molar-refractivity contribution in [2.24, 2.45) is 0 Å². The van der Waals surface area contributed by atoms with Crippen molar-refractivity contribution in [3.63, 3.8) is 0 Å². The molecule has 0 amide bonds. The summed E-state index contributed by atoms with van der Waals surface area (Å²) in [4.78, 5) is 21.8. The molecule has 1 aliphatic rings. The van der Waals surface area contributed by atoms with Crippen molar-refractivity contribution in [1.29, 1.82) is 0 Å². The second-order valence-corrected chi connectivity index (χ2v) is 6.55. The Balaban J connectivity index is 1.54. The summed E-state index contributed by atoms with van der Waals surface area (Å²) in [5, 5.41) is 4.48. The number of fused-ring (bicyclic) bond motifs is 2. The molecule has 7 nitrogen and oxygen atoms in total. The number of carbonyl (C=O) groups is 1. The van der Waals surface area contributed by atoms with Gasteiger partial charge in [0.15, 0.2) is 11.6 Å². The number of benzene rings is 1. The predicted octanol–water partition coefficient (Wildman–Crippen LogP) is 3.31. The summed E-state index contributed by atoms with van der Waals surface area (Å²) < 4.78 is 12.2. The molecule has 3 heterocycles. The minimum atomic E-state index is 0.0129. The van der Waals surface area contributed by atoms with Crippen LogP contribution in [0.5, 0.6) is 5.75 Å². The number of ketones is 1. The van der Waals surface area contributed by atoms with Gasteiger partial charge in [0.05, 0.1) is 24.6 Å². The van der Waals surface area contributed by atoms with Crippen molar-refractivity contribution in [2.45, 2.75) is 18.8 Å². The number of aromatic nitrogens is 4. The maximum absolute atomic E-state index is 12.6. The van der Waals surface area contributed by atoms with Gasteiger partial charge in [-0.2, -0.15) is 4.98 Å². The summed E-state index contributed by atoms with van der Waals surface area (Å²) in [6, 6.07) is 11.2. The summed E-state index contributed by atoms with van der Waals surface area (Å²) in [6.07, 6.45) is 4.42. The molecule has 1 aliphatic carbocycles. The number of nitrogens with zero attached hydrogens (tertiary/aromatic N) is 4. The van der Waals surface area contributed by atoms with Gasteiger partial charge in [-0.05, 0) is 36.4 Å². The van der Waals surface area contributed by atoms with Crippen LogP contribution in [-0.4, -0.2) is 32.5 Å². The lowest BCUT2D eigenvalue weighted by Crippen LogP contribution is -2.21. The molecule has 0 spiro atoms. The Morgan fingerprint density at radius 1 is 1.15 bits per heavy atom. The quantitative estimate of drug-likeness (QED) is 0.557. The monoisotopic (exact) mass is 360 g/mol. The second kappa shape index (κ2) is 6.05. The standard InChI is InChI=1S/C20H16N4O3/c1-26-14-6-4-12(5-7-14)19-22-20-21-16-9-13(18-3-2-8-27-18)10-17(25)15(16)11-24(20)23-19/h2-8,11,13H,9-10H2,1H3/t13-/m0/s1. The van der Waals surface area contributed by atoms with Crippen LogP contribution in [0.15, 0.2) is 53.3 Å². The summed E-state index contributed by atoms with van der Waals surface area (Å²) in [5.41, 5.74) is 2.21. The third-order valence-corrected chi connectivity index (χ3v) is 4.88. The van der Waals surface area contributed by atoms with E-state index in [2.05, 4.69) is 15.1 Å². The molecule has 0 N–H and O–H groups in total. The zero-order valence-corrected chi connectivity index (χ0v) is 14.6. The maximum atomic E-state index is 12.6. The molecule has 7 heteroatoms. The molecule has 0 bridgehead atoms. The van der Waals surface area contributed by atoms with E-state index in [1.54, 1.807) is 24.1 Å². The molecule has 0 aliphatic heterocycles. The van der Waals surface area contributed by atoms with Gasteiger partial charge in [0, 0.05) is 30.5 Å². The van der Waals surface area contributed by atoms with Crippen LogP contribution in [0.2, 0.25) is 0 Å². The van der Waals surface area contributed by atoms with Crippen LogP contribution in [0, 0.1) is 0 Å². The molecular weight excluding hydrogens is 344 g/mol. The number of hydrogen-bond donors (Lipinski definition) is 0. The zero-order chi connectivity index (χ0) is 18.4. The van der Waals surface area contributed by atoms with E-state index >= 15 is 0 Å². The van der Waals surface area contributed by atoms with Crippen molar-refractivity contribution in [2.75, 3.05) is 7.11 Å². The number of ether oxygens (including phenoxy) is 1. The number of carbonyl (C=O) groups excluding carboxylic acids is 1. The van der Waals surface area contributed by atoms with E-state index in [4.69, 9.17) is 9.15 Å². The average molecular weight is 360 g/mol. The highest BCUT2D eigenvalue weighted by Gasteiger charge is 2.30. The van der Waals surface area contributed by atoms with E-state index in [1.807, 2.05) is 36.4 Å². The van der Waals surface area contributed by atoms with Crippen LogP contribution in [0.1, 0.15) is 34.2 Å². The van der Waals surface area contributed by atoms with E-state index in [1.165, 1.54) is 0 Å². The topological polar surface area (TPSA) is 82.5 Å². The highest BCUT2D eigenvalue weighted by Crippen LogP contribution is 2.32. The van der Waals surface area contributed by atoms with Gasteiger partial charge in [-0.3, -0.25) is 4.79 Å². The summed E-state index contributed by atoms with van der Waals surface area (Å²) in [7, 11) is 1.62. The molecule has 0 saturated carbocycles. The Morgan fingerprint density at radius 3 is 2.74 bits per heavy atom. The fourth-order valence-corrected chi connectivity index (χ4v) is 3.47. The van der Waals surface area contributed by atoms with E-state index in [0.717, 1.165) is 22.8 Å². The lowest BCUT2D eigenvalue weighted by Gasteiger charge is -2.20. The molecule has 1 aromatic carbocycles. The van der Waals surface area contributed by atoms with Gasteiger partial charge >= 0.3 is 0 Å². The van der Waals surface area contributed by atoms with Crippen LogP contribution in [0.25, 0.3) is 17.2 Å². The third kappa shape index (κ3) is 2.68. The van der Waals surface area contributed by atoms with Crippen molar-refractivity contribution in [3.8, 4) is 17.1 Å². The number of methoxy groups -OCH3 is 1. The third-order valence-electron chi connectivity index (χ3n) is 4.88. The first-order valence-corrected chi connectivity index (χ1v) is 8.68. The Labute approximate surface area is 154 Å². The van der Waals surface area contributed by atoms with Gasteiger partial charge in [0.1, 0.15) is 11.5 Å². The maximum Gasteiger partial charge on any atom is 0.252 e. The molecule has 0 saturated heterocycles. The second-order valence-electron chi connectivity index (χ2n) is 6.55. The minimum Gasteiger partial charge on any atom is -0.497 e. The Bertz CT molecular complexity index is 1130. The molecule has 4 aromatic rings. The van der Waals surface area contributed by atoms with Crippen LogP contribution in [0.4, 0.5) is 0 Å². The van der Waals surface area contributed by atoms with Crippen LogP contribution in [-0.2, 0) is 6.42 Å². The van der Waals surface area contributed by atoms with Gasteiger partial charge in [0.2, 0.25) is 0 Å². The highest BCUT2D eigenvalue weighted by atomic mass is 16.5. The first-order valence-electron chi connectivity index (χ1n) is 8.68. The summed E-state index contributed by atoms with van der Waals surface area (Å²) in [6.45, 7) is 0. The first kappa shape index (κ1) is 15.7. The Hall–Kier alpha value is -3.48. The van der Waals surface area contributed by atoms with Crippen molar-refractivity contribution < 1.29 is 13.9 Å². The average Bonchev–Trinajstić information content (AvgIpc) is 3.36. The molecule has 3 aromatic heterocycles. The van der Waals surface area contributed by atoms with Gasteiger partial charge in [0.25, 0.3) is 5.78 Å². The van der Waals surface area contributed by atoms with Gasteiger partial charge in [-0.25, -0.2) is 9.50 Å². The smallest absolute Gasteiger partial charge is 0.252 e. The Morgan fingerprint density at radius 2 is 2.00 bits per heavy atom. The lowest BCUT2D eigenvalue weighted by molar-refractivity contribution is 0.0958. The number of rotatable bonds is 3. The van der Waals surface area contributed by atoms with E-state index in [-0.39, 0.29) is 11.7 Å². The van der Waals surface area contributed by atoms with Crippen molar-refractivity contribution >= 4 is 11.6 Å². The molecule has 0 unspecified atom stereocenters. The molecule has 27 heavy (non-hydrogen) atoms. The SMILES string of the molecule is COc1ccc(-c2nc3nc4c(cn3n2)C(=O)C[C@@H](c2ccco2)C4)cc1. The van der Waals surface area contributed by atoms with Gasteiger partial charge in [-0.1, -0.05) is 0 Å². The normalized spacial score (nSPS) is 16.5. The van der Waals surface area contributed by atoms with E-state index < -0.39 is 0 Å². The van der Waals surface area contributed by atoms with E-state index in [9.17, 15) is 4.79 Å². The summed E-state index contributed by atoms with van der Waals surface area (Å²) in [5.74, 6) is 2.68. The van der Waals surface area contributed by atoms with Gasteiger partial charge in [-0.15, -0.1) is 5.10 Å². The van der Waals surface area contributed by atoms with E-state index in [0.29, 0.717) is 30.0 Å². The minimum absolute atomic E-state index is 0.0129. The highest BCUT2D eigenvalue weighted by molar-refractivity contribution is 5.98. The van der Waals surface area contributed by atoms with Gasteiger partial charge < -0.3 is 9.15 Å². The molecule has 5 rings (SSSR count). The lowest BCUT2D eigenvalue weighted by atomic mass is 9.85. The number of furan rings is 1. The zero-order valence-electron chi connectivity index (χ0n) is 14.6. The van der Waals surface area contributed by atoms with Crippen molar-refractivity contribution in [3.05, 3.63) is 65.9 Å². The first-order chi connectivity index (χ1) is 13.2. The molecule has 134 valence electrons. The molecular formula is C20H16N4O3. The number of hydrogen-bond acceptors (Lipinski definition) is 6. The predicted molar refractivity (Wildman–Crippen MR) is 96.9 cm³/mol. The van der Waals surface area contributed by atoms with Crippen LogP contribution < -0.4 is 4.74 Å². The van der Waals surface area contributed by atoms with Crippen LogP contribution >= 0.6 is 0 Å². The molecule has 1 atom stereocenters. The molecule has 0 fully saturated rings.